The van der Waals surface area contributed by atoms with E-state index < -0.39 is 11.8 Å². The lowest BCUT2D eigenvalue weighted by Gasteiger charge is -2.20. The van der Waals surface area contributed by atoms with Gasteiger partial charge in [0, 0.05) is 21.7 Å². The van der Waals surface area contributed by atoms with Gasteiger partial charge in [-0.25, -0.2) is 9.18 Å². The smallest absolute Gasteiger partial charge is 0.346 e. The highest BCUT2D eigenvalue weighted by Crippen LogP contribution is 2.38. The number of ether oxygens (including phenoxy) is 4. The highest BCUT2D eigenvalue weighted by Gasteiger charge is 2.29. The first-order chi connectivity index (χ1) is 15.5. The van der Waals surface area contributed by atoms with Crippen molar-refractivity contribution in [3.63, 3.8) is 0 Å². The number of rotatable bonds is 3. The molecule has 0 radical (unpaired) electrons. The molecule has 0 aliphatic carbocycles. The molecule has 3 aromatic carbocycles. The van der Waals surface area contributed by atoms with Crippen LogP contribution in [0.15, 0.2) is 64.8 Å². The van der Waals surface area contributed by atoms with Crippen molar-refractivity contribution in [2.24, 2.45) is 0 Å². The number of hydrogen-bond acceptors (Lipinski definition) is 6. The van der Waals surface area contributed by atoms with Gasteiger partial charge in [0.1, 0.15) is 23.1 Å². The predicted octanol–water partition coefficient (Wildman–Crippen LogP) is 5.29. The van der Waals surface area contributed by atoms with Crippen molar-refractivity contribution in [2.45, 2.75) is 6.61 Å². The quantitative estimate of drug-likeness (QED) is 0.278. The molecule has 8 heteroatoms. The van der Waals surface area contributed by atoms with Gasteiger partial charge in [-0.2, -0.15) is 0 Å². The summed E-state index contributed by atoms with van der Waals surface area (Å²) in [7, 11) is 0. The molecule has 2 aliphatic rings. The van der Waals surface area contributed by atoms with Gasteiger partial charge >= 0.3 is 5.97 Å². The van der Waals surface area contributed by atoms with Crippen LogP contribution in [0.1, 0.15) is 31.8 Å². The highest BCUT2D eigenvalue weighted by atomic mass is 79.9. The molecule has 0 bridgehead atoms. The number of carbonyl (C=O) groups excluding carboxylic acids is 2. The second-order valence-electron chi connectivity index (χ2n) is 7.06. The second kappa shape index (κ2) is 8.22. The molecule has 0 N–H and O–H groups in total. The minimum absolute atomic E-state index is 0.105. The summed E-state index contributed by atoms with van der Waals surface area (Å²) in [4.78, 5) is 25.1. The van der Waals surface area contributed by atoms with Crippen LogP contribution in [0.25, 0.3) is 6.08 Å². The summed E-state index contributed by atoms with van der Waals surface area (Å²) in [6, 6.07) is 13.6. The topological polar surface area (TPSA) is 71.1 Å². The fourth-order valence-corrected chi connectivity index (χ4v) is 4.00. The monoisotopic (exact) mass is 496 g/mol. The number of allylic oxidation sites excluding steroid dienone is 1. The van der Waals surface area contributed by atoms with E-state index in [0.717, 1.165) is 10.0 Å². The molecule has 0 aromatic heterocycles. The summed E-state index contributed by atoms with van der Waals surface area (Å²) in [5, 5.41) is 0. The van der Waals surface area contributed by atoms with Gasteiger partial charge in [0.05, 0.1) is 17.7 Å². The normalized spacial score (nSPS) is 15.6. The summed E-state index contributed by atoms with van der Waals surface area (Å²) in [6.07, 6.45) is 1.60. The van der Waals surface area contributed by atoms with Crippen LogP contribution >= 0.6 is 15.9 Å². The van der Waals surface area contributed by atoms with Crippen LogP contribution in [-0.2, 0) is 11.3 Å². The molecular formula is C24H14BrFO6. The molecule has 5 rings (SSSR count). The summed E-state index contributed by atoms with van der Waals surface area (Å²) in [5.74, 6) is -0.734. The Kier molecular flexibility index (Phi) is 5.24. The Bertz CT molecular complexity index is 1300. The van der Waals surface area contributed by atoms with E-state index in [1.54, 1.807) is 6.08 Å². The first kappa shape index (κ1) is 20.4. The summed E-state index contributed by atoms with van der Waals surface area (Å²) >= 11 is 3.45. The Morgan fingerprint density at radius 3 is 2.81 bits per heavy atom. The number of ketones is 1. The number of fused-ring (bicyclic) bond motifs is 2. The zero-order valence-electron chi connectivity index (χ0n) is 16.4. The van der Waals surface area contributed by atoms with E-state index in [4.69, 9.17) is 18.9 Å². The number of Topliss-reactive ketones (excluding diaryl/α,β-unsaturated/α-hetero) is 1. The fraction of sp³-hybridized carbons (Fsp3) is 0.0833. The van der Waals surface area contributed by atoms with E-state index in [0.29, 0.717) is 23.5 Å². The average molecular weight is 497 g/mol. The van der Waals surface area contributed by atoms with Crippen molar-refractivity contribution in [2.75, 3.05) is 6.79 Å². The average Bonchev–Trinajstić information content (AvgIpc) is 3.08. The second-order valence-corrected chi connectivity index (χ2v) is 7.98. The van der Waals surface area contributed by atoms with Crippen LogP contribution in [0.2, 0.25) is 0 Å². The van der Waals surface area contributed by atoms with Crippen LogP contribution in [0, 0.1) is 5.82 Å². The molecule has 0 amide bonds. The zero-order chi connectivity index (χ0) is 22.2. The molecule has 0 atom stereocenters. The Morgan fingerprint density at radius 2 is 1.97 bits per heavy atom. The minimum atomic E-state index is -0.844. The van der Waals surface area contributed by atoms with E-state index in [2.05, 4.69) is 15.9 Å². The van der Waals surface area contributed by atoms with Crippen molar-refractivity contribution >= 4 is 33.8 Å². The van der Waals surface area contributed by atoms with Crippen molar-refractivity contribution in [1.82, 2.24) is 0 Å². The minimum Gasteiger partial charge on any atom is -0.467 e. The van der Waals surface area contributed by atoms with E-state index in [1.165, 1.54) is 42.5 Å². The van der Waals surface area contributed by atoms with Crippen LogP contribution in [0.3, 0.4) is 0 Å². The molecule has 160 valence electrons. The maximum atomic E-state index is 13.8. The third-order valence-electron chi connectivity index (χ3n) is 4.94. The number of benzene rings is 3. The standard InChI is InChI=1S/C24H14BrFO6/c25-15-7-13(23-14(8-15)11-29-12-30-23)9-21-22(27)18-6-5-16(10-20(18)32-21)31-24(28)17-3-1-2-4-19(17)26/h1-10H,11-12H2/b21-9-. The highest BCUT2D eigenvalue weighted by molar-refractivity contribution is 9.10. The molecule has 0 saturated carbocycles. The molecule has 0 fully saturated rings. The number of halogens is 2. The SMILES string of the molecule is O=C(Oc1ccc2c(c1)O/C(=C\c1cc(Br)cc3c1OCOC3)C2=O)c1ccccc1F. The van der Waals surface area contributed by atoms with Crippen LogP contribution in [0.5, 0.6) is 17.2 Å². The number of hydrogen-bond donors (Lipinski definition) is 0. The maximum Gasteiger partial charge on any atom is 0.346 e. The molecule has 0 unspecified atom stereocenters. The molecule has 6 nitrogen and oxygen atoms in total. The molecule has 2 aliphatic heterocycles. The Balaban J connectivity index is 1.42. The summed E-state index contributed by atoms with van der Waals surface area (Å²) in [6.45, 7) is 0.521. The molecular weight excluding hydrogens is 483 g/mol. The molecule has 32 heavy (non-hydrogen) atoms. The summed E-state index contributed by atoms with van der Waals surface area (Å²) in [5.41, 5.74) is 1.66. The van der Waals surface area contributed by atoms with Crippen molar-refractivity contribution < 1.29 is 32.9 Å². The van der Waals surface area contributed by atoms with Gasteiger partial charge in [0.2, 0.25) is 5.78 Å². The van der Waals surface area contributed by atoms with Gasteiger partial charge in [-0.3, -0.25) is 4.79 Å². The summed E-state index contributed by atoms with van der Waals surface area (Å²) < 4.78 is 36.5. The Morgan fingerprint density at radius 1 is 1.12 bits per heavy atom. The Hall–Kier alpha value is -3.49. The number of esters is 1. The van der Waals surface area contributed by atoms with E-state index in [1.807, 2.05) is 12.1 Å². The Labute approximate surface area is 190 Å². The van der Waals surface area contributed by atoms with Crippen LogP contribution in [0.4, 0.5) is 4.39 Å². The predicted molar refractivity (Wildman–Crippen MR) is 115 cm³/mol. The lowest BCUT2D eigenvalue weighted by atomic mass is 10.1. The van der Waals surface area contributed by atoms with Gasteiger partial charge < -0.3 is 18.9 Å². The van der Waals surface area contributed by atoms with Crippen molar-refractivity contribution in [3.05, 3.63) is 92.9 Å². The molecule has 2 heterocycles. The van der Waals surface area contributed by atoms with Crippen LogP contribution in [-0.4, -0.2) is 18.5 Å². The molecule has 0 spiro atoms. The largest absolute Gasteiger partial charge is 0.467 e. The van der Waals surface area contributed by atoms with Crippen molar-refractivity contribution in [1.29, 1.82) is 0 Å². The molecule has 3 aromatic rings. The third-order valence-corrected chi connectivity index (χ3v) is 5.39. The fourth-order valence-electron chi connectivity index (χ4n) is 3.48. The zero-order valence-corrected chi connectivity index (χ0v) is 18.0. The molecule has 0 saturated heterocycles. The van der Waals surface area contributed by atoms with Crippen LogP contribution < -0.4 is 14.2 Å². The van der Waals surface area contributed by atoms with Gasteiger partial charge in [-0.05, 0) is 42.5 Å². The maximum absolute atomic E-state index is 13.8. The third kappa shape index (κ3) is 3.79. The van der Waals surface area contributed by atoms with Gasteiger partial charge in [-0.15, -0.1) is 0 Å². The van der Waals surface area contributed by atoms with Gasteiger partial charge in [0.15, 0.2) is 12.6 Å². The number of carbonyl (C=O) groups is 2. The lowest BCUT2D eigenvalue weighted by molar-refractivity contribution is -0.0165. The van der Waals surface area contributed by atoms with E-state index >= 15 is 0 Å². The van der Waals surface area contributed by atoms with E-state index in [9.17, 15) is 14.0 Å². The van der Waals surface area contributed by atoms with Gasteiger partial charge in [0.25, 0.3) is 0 Å². The first-order valence-electron chi connectivity index (χ1n) is 9.57. The van der Waals surface area contributed by atoms with Crippen molar-refractivity contribution in [3.8, 4) is 17.2 Å². The van der Waals surface area contributed by atoms with E-state index in [-0.39, 0.29) is 35.4 Å². The first-order valence-corrected chi connectivity index (χ1v) is 10.4. The lowest BCUT2D eigenvalue weighted by Crippen LogP contribution is -2.12. The van der Waals surface area contributed by atoms with Gasteiger partial charge in [-0.1, -0.05) is 28.1 Å².